The van der Waals surface area contributed by atoms with Gasteiger partial charge < -0.3 is 0 Å². The fourth-order valence-corrected chi connectivity index (χ4v) is 1.41. The van der Waals surface area contributed by atoms with E-state index in [1.807, 2.05) is 0 Å². The number of hydrogen-bond acceptors (Lipinski definition) is 0. The van der Waals surface area contributed by atoms with Crippen molar-refractivity contribution in [3.63, 3.8) is 0 Å². The molecule has 1 rings (SSSR count). The number of rotatable bonds is 4. The van der Waals surface area contributed by atoms with Crippen molar-refractivity contribution in [3.05, 3.63) is 46.8 Å². The van der Waals surface area contributed by atoms with Gasteiger partial charge in [0.2, 0.25) is 0 Å². The van der Waals surface area contributed by atoms with Crippen LogP contribution in [0.4, 0.5) is 35.1 Å². The third-order valence-corrected chi connectivity index (χ3v) is 2.73. The van der Waals surface area contributed by atoms with E-state index in [-0.39, 0.29) is 16.7 Å². The summed E-state index contributed by atoms with van der Waals surface area (Å²) >= 11 is 5.52. The average Bonchev–Trinajstić information content (AvgIpc) is 2.36. The van der Waals surface area contributed by atoms with Gasteiger partial charge in [0.05, 0.1) is 0 Å². The second-order valence-electron chi connectivity index (χ2n) is 4.03. The summed E-state index contributed by atoms with van der Waals surface area (Å²) in [4.78, 5) is 0. The van der Waals surface area contributed by atoms with Crippen LogP contribution in [-0.4, -0.2) is 18.0 Å². The van der Waals surface area contributed by atoms with E-state index in [0.29, 0.717) is 0 Å². The van der Waals surface area contributed by atoms with Gasteiger partial charge in [0.25, 0.3) is 0 Å². The average molecular weight is 339 g/mol. The highest BCUT2D eigenvalue weighted by molar-refractivity contribution is 6.30. The Hall–Kier alpha value is -1.31. The third kappa shape index (κ3) is 3.66. The molecule has 0 heterocycles. The lowest BCUT2D eigenvalue weighted by molar-refractivity contribution is -0.347. The van der Waals surface area contributed by atoms with Crippen LogP contribution in [0.25, 0.3) is 0 Å². The third-order valence-electron chi connectivity index (χ3n) is 2.48. The summed E-state index contributed by atoms with van der Waals surface area (Å²) in [6.07, 6.45) is -7.18. The Labute approximate surface area is 119 Å². The van der Waals surface area contributed by atoms with E-state index in [4.69, 9.17) is 11.6 Å². The maximum Gasteiger partial charge on any atom is 0.460 e. The number of halogens is 9. The van der Waals surface area contributed by atoms with Crippen molar-refractivity contribution in [2.75, 3.05) is 0 Å². The van der Waals surface area contributed by atoms with E-state index in [9.17, 15) is 35.1 Å². The standard InChI is InChI=1S/C12H7ClF8/c13-8-4-1-7(2-5-8)3-6-9(14)10(15,16)11(17,18)12(19,20)21/h1-2,4-6H,3H2/b9-6-. The van der Waals surface area contributed by atoms with Gasteiger partial charge in [-0.3, -0.25) is 0 Å². The zero-order valence-electron chi connectivity index (χ0n) is 10.00. The summed E-state index contributed by atoms with van der Waals surface area (Å²) in [5.74, 6) is -15.3. The van der Waals surface area contributed by atoms with Crippen molar-refractivity contribution >= 4 is 11.6 Å². The Morgan fingerprint density at radius 3 is 1.86 bits per heavy atom. The minimum Gasteiger partial charge on any atom is -0.205 e. The quantitative estimate of drug-likeness (QED) is 0.630. The molecule has 0 N–H and O–H groups in total. The maximum atomic E-state index is 13.1. The molecule has 0 atom stereocenters. The van der Waals surface area contributed by atoms with Crippen molar-refractivity contribution in [2.45, 2.75) is 24.4 Å². The van der Waals surface area contributed by atoms with Gasteiger partial charge in [0.1, 0.15) is 0 Å². The van der Waals surface area contributed by atoms with Gasteiger partial charge in [-0.2, -0.15) is 30.7 Å². The summed E-state index contributed by atoms with van der Waals surface area (Å²) in [5, 5.41) is 0.289. The molecule has 1 aromatic rings. The molecular weight excluding hydrogens is 332 g/mol. The molecule has 0 nitrogen and oxygen atoms in total. The molecule has 118 valence electrons. The largest absolute Gasteiger partial charge is 0.460 e. The van der Waals surface area contributed by atoms with Gasteiger partial charge in [-0.1, -0.05) is 23.7 Å². The zero-order chi connectivity index (χ0) is 16.5. The molecule has 0 saturated carbocycles. The molecule has 0 amide bonds. The number of benzene rings is 1. The van der Waals surface area contributed by atoms with E-state index < -0.39 is 30.3 Å². The molecule has 0 aliphatic heterocycles. The highest BCUT2D eigenvalue weighted by atomic mass is 35.5. The van der Waals surface area contributed by atoms with Crippen LogP contribution in [0.15, 0.2) is 36.2 Å². The molecule has 0 bridgehead atoms. The lowest BCUT2D eigenvalue weighted by Crippen LogP contribution is -2.52. The van der Waals surface area contributed by atoms with Crippen molar-refractivity contribution in [1.82, 2.24) is 0 Å². The second kappa shape index (κ2) is 5.82. The van der Waals surface area contributed by atoms with E-state index >= 15 is 0 Å². The Balaban J connectivity index is 2.97. The minimum atomic E-state index is -6.57. The fraction of sp³-hybridized carbons (Fsp3) is 0.333. The first-order chi connectivity index (χ1) is 9.39. The molecule has 0 radical (unpaired) electrons. The summed E-state index contributed by atoms with van der Waals surface area (Å²) in [6, 6.07) is 5.22. The first kappa shape index (κ1) is 17.7. The van der Waals surface area contributed by atoms with Crippen LogP contribution in [-0.2, 0) is 6.42 Å². The van der Waals surface area contributed by atoms with Crippen LogP contribution in [0.5, 0.6) is 0 Å². The van der Waals surface area contributed by atoms with Crippen molar-refractivity contribution in [2.24, 2.45) is 0 Å². The highest BCUT2D eigenvalue weighted by Crippen LogP contribution is 2.50. The normalized spacial score (nSPS) is 14.4. The second-order valence-corrected chi connectivity index (χ2v) is 4.47. The van der Waals surface area contributed by atoms with Crippen LogP contribution >= 0.6 is 11.6 Å². The molecule has 0 saturated heterocycles. The van der Waals surface area contributed by atoms with E-state index in [1.165, 1.54) is 24.3 Å². The van der Waals surface area contributed by atoms with Gasteiger partial charge in [0, 0.05) is 5.02 Å². The molecule has 0 aromatic heterocycles. The molecule has 0 aliphatic carbocycles. The highest BCUT2D eigenvalue weighted by Gasteiger charge is 2.74. The van der Waals surface area contributed by atoms with Crippen LogP contribution in [0.3, 0.4) is 0 Å². The predicted molar refractivity (Wildman–Crippen MR) is 60.3 cm³/mol. The molecule has 9 heteroatoms. The summed E-state index contributed by atoms with van der Waals surface area (Å²) in [6.45, 7) is 0. The monoisotopic (exact) mass is 338 g/mol. The summed E-state index contributed by atoms with van der Waals surface area (Å²) in [7, 11) is 0. The van der Waals surface area contributed by atoms with Gasteiger partial charge in [0.15, 0.2) is 5.83 Å². The lowest BCUT2D eigenvalue weighted by atomic mass is 10.1. The zero-order valence-corrected chi connectivity index (χ0v) is 10.8. The van der Waals surface area contributed by atoms with Crippen LogP contribution in [0.1, 0.15) is 5.56 Å². The SMILES string of the molecule is F/C(=C\Cc1ccc(Cl)cc1)C(F)(F)C(F)(F)C(F)(F)F. The van der Waals surface area contributed by atoms with E-state index in [1.54, 1.807) is 0 Å². The molecule has 0 fully saturated rings. The molecular formula is C12H7ClF8. The van der Waals surface area contributed by atoms with Crippen molar-refractivity contribution in [1.29, 1.82) is 0 Å². The van der Waals surface area contributed by atoms with Crippen LogP contribution < -0.4 is 0 Å². The topological polar surface area (TPSA) is 0 Å². The maximum absolute atomic E-state index is 13.1. The first-order valence-electron chi connectivity index (χ1n) is 5.32. The van der Waals surface area contributed by atoms with Gasteiger partial charge in [-0.05, 0) is 30.2 Å². The van der Waals surface area contributed by atoms with Crippen molar-refractivity contribution in [3.8, 4) is 0 Å². The molecule has 1 aromatic carbocycles. The summed E-state index contributed by atoms with van der Waals surface area (Å²) in [5.41, 5.74) is 0.209. The molecule has 0 aliphatic rings. The molecule has 0 unspecified atom stereocenters. The van der Waals surface area contributed by atoms with E-state index in [2.05, 4.69) is 0 Å². The summed E-state index contributed by atoms with van der Waals surface area (Å²) < 4.78 is 99.6. The lowest BCUT2D eigenvalue weighted by Gasteiger charge is -2.26. The predicted octanol–water partition coefficient (Wildman–Crippen LogP) is 5.57. The van der Waals surface area contributed by atoms with Gasteiger partial charge in [-0.25, -0.2) is 4.39 Å². The minimum absolute atomic E-state index is 0.0249. The van der Waals surface area contributed by atoms with Gasteiger partial charge in [-0.15, -0.1) is 0 Å². The Morgan fingerprint density at radius 1 is 0.952 bits per heavy atom. The van der Waals surface area contributed by atoms with Crippen LogP contribution in [0, 0.1) is 0 Å². The fourth-order valence-electron chi connectivity index (χ4n) is 1.28. The van der Waals surface area contributed by atoms with Crippen molar-refractivity contribution < 1.29 is 35.1 Å². The Kier molecular flexibility index (Phi) is 4.92. The smallest absolute Gasteiger partial charge is 0.205 e. The Morgan fingerprint density at radius 2 is 1.43 bits per heavy atom. The number of hydrogen-bond donors (Lipinski definition) is 0. The molecule has 0 spiro atoms. The Bertz CT molecular complexity index is 515. The number of allylic oxidation sites excluding steroid dienone is 2. The molecule has 21 heavy (non-hydrogen) atoms. The first-order valence-corrected chi connectivity index (χ1v) is 5.70. The van der Waals surface area contributed by atoms with Gasteiger partial charge >= 0.3 is 18.0 Å². The van der Waals surface area contributed by atoms with E-state index in [0.717, 1.165) is 0 Å². The van der Waals surface area contributed by atoms with Crippen LogP contribution in [0.2, 0.25) is 5.02 Å². The number of alkyl halides is 7.